The topological polar surface area (TPSA) is 51.6 Å². The molecule has 20 heavy (non-hydrogen) atoms. The quantitative estimate of drug-likeness (QED) is 0.843. The van der Waals surface area contributed by atoms with Gasteiger partial charge in [-0.05, 0) is 37.7 Å². The molecule has 0 bridgehead atoms. The number of likely N-dealkylation sites (N-methyl/N-ethyl adjacent to an activating group) is 1. The Kier molecular flexibility index (Phi) is 5.21. The highest BCUT2D eigenvalue weighted by Crippen LogP contribution is 2.13. The van der Waals surface area contributed by atoms with E-state index in [4.69, 9.17) is 14.9 Å². The molecular formula is C16H22N2O2. The van der Waals surface area contributed by atoms with Crippen molar-refractivity contribution in [1.29, 1.82) is 0 Å². The lowest BCUT2D eigenvalue weighted by molar-refractivity contribution is 0.232. The number of ether oxygens (including phenoxy) is 1. The van der Waals surface area contributed by atoms with Crippen LogP contribution in [0.3, 0.4) is 0 Å². The predicted octanol–water partition coefficient (Wildman–Crippen LogP) is 2.56. The van der Waals surface area contributed by atoms with Crippen LogP contribution >= 0.6 is 0 Å². The summed E-state index contributed by atoms with van der Waals surface area (Å²) in [5, 5.41) is 0. The van der Waals surface area contributed by atoms with Crippen molar-refractivity contribution in [2.75, 3.05) is 20.2 Å². The minimum Gasteiger partial charge on any atom is -0.492 e. The van der Waals surface area contributed by atoms with Crippen molar-refractivity contribution in [3.05, 3.63) is 53.5 Å². The summed E-state index contributed by atoms with van der Waals surface area (Å²) < 4.78 is 11.0. The number of aryl methyl sites for hydroxylation is 1. The number of nitrogens with zero attached hydrogens (tertiary/aromatic N) is 1. The molecule has 0 saturated heterocycles. The van der Waals surface area contributed by atoms with Gasteiger partial charge in [-0.2, -0.15) is 0 Å². The second kappa shape index (κ2) is 7.12. The summed E-state index contributed by atoms with van der Waals surface area (Å²) in [6.07, 6.45) is 1.73. The molecule has 2 N–H and O–H groups in total. The van der Waals surface area contributed by atoms with E-state index in [1.807, 2.05) is 37.3 Å². The van der Waals surface area contributed by atoms with Gasteiger partial charge in [0.05, 0.1) is 6.26 Å². The molecule has 0 unspecified atom stereocenters. The lowest BCUT2D eigenvalue weighted by Crippen LogP contribution is -2.24. The van der Waals surface area contributed by atoms with Gasteiger partial charge in [-0.3, -0.25) is 4.90 Å². The Balaban J connectivity index is 1.76. The van der Waals surface area contributed by atoms with Crippen molar-refractivity contribution in [3.63, 3.8) is 0 Å². The first kappa shape index (κ1) is 14.6. The van der Waals surface area contributed by atoms with Crippen molar-refractivity contribution in [1.82, 2.24) is 4.90 Å². The third kappa shape index (κ3) is 4.11. The van der Waals surface area contributed by atoms with Crippen molar-refractivity contribution in [2.45, 2.75) is 20.0 Å². The SMILES string of the molecule is Cc1occc1CN(C)CCOc1cccc(CN)c1. The molecule has 0 atom stereocenters. The highest BCUT2D eigenvalue weighted by Gasteiger charge is 2.05. The number of nitrogens with two attached hydrogens (primary N) is 1. The molecule has 1 aromatic heterocycles. The number of rotatable bonds is 7. The normalized spacial score (nSPS) is 11.0. The maximum absolute atomic E-state index is 5.75. The van der Waals surface area contributed by atoms with E-state index in [-0.39, 0.29) is 0 Å². The summed E-state index contributed by atoms with van der Waals surface area (Å²) in [5.74, 6) is 1.86. The maximum atomic E-state index is 5.75. The van der Waals surface area contributed by atoms with Crippen molar-refractivity contribution >= 4 is 0 Å². The van der Waals surface area contributed by atoms with Gasteiger partial charge in [0, 0.05) is 25.2 Å². The van der Waals surface area contributed by atoms with Gasteiger partial charge >= 0.3 is 0 Å². The number of hydrogen-bond acceptors (Lipinski definition) is 4. The lowest BCUT2D eigenvalue weighted by atomic mass is 10.2. The van der Waals surface area contributed by atoms with Crippen LogP contribution in [0.2, 0.25) is 0 Å². The third-order valence-electron chi connectivity index (χ3n) is 3.28. The Hall–Kier alpha value is -1.78. The smallest absolute Gasteiger partial charge is 0.119 e. The number of furan rings is 1. The Morgan fingerprint density at radius 3 is 2.85 bits per heavy atom. The van der Waals surface area contributed by atoms with Crippen molar-refractivity contribution in [3.8, 4) is 5.75 Å². The second-order valence-corrected chi connectivity index (χ2v) is 4.94. The Morgan fingerprint density at radius 2 is 2.15 bits per heavy atom. The van der Waals surface area contributed by atoms with E-state index >= 15 is 0 Å². The fourth-order valence-electron chi connectivity index (χ4n) is 2.03. The fourth-order valence-corrected chi connectivity index (χ4v) is 2.03. The van der Waals surface area contributed by atoms with Crippen LogP contribution in [0.25, 0.3) is 0 Å². The van der Waals surface area contributed by atoms with E-state index in [0.717, 1.165) is 30.2 Å². The number of benzene rings is 1. The summed E-state index contributed by atoms with van der Waals surface area (Å²) in [4.78, 5) is 2.21. The monoisotopic (exact) mass is 274 g/mol. The first-order valence-corrected chi connectivity index (χ1v) is 6.82. The maximum Gasteiger partial charge on any atom is 0.119 e. The first-order valence-electron chi connectivity index (χ1n) is 6.82. The molecule has 0 fully saturated rings. The van der Waals surface area contributed by atoms with Gasteiger partial charge in [-0.25, -0.2) is 0 Å². The molecule has 0 spiro atoms. The zero-order valence-electron chi connectivity index (χ0n) is 12.1. The van der Waals surface area contributed by atoms with E-state index in [2.05, 4.69) is 11.9 Å². The molecule has 2 aromatic rings. The van der Waals surface area contributed by atoms with Crippen molar-refractivity contribution in [2.24, 2.45) is 5.73 Å². The molecule has 108 valence electrons. The third-order valence-corrected chi connectivity index (χ3v) is 3.28. The van der Waals surface area contributed by atoms with Gasteiger partial charge in [-0.15, -0.1) is 0 Å². The molecule has 0 aliphatic rings. The van der Waals surface area contributed by atoms with Gasteiger partial charge in [0.15, 0.2) is 0 Å². The molecule has 0 radical (unpaired) electrons. The van der Waals surface area contributed by atoms with Crippen LogP contribution in [0.4, 0.5) is 0 Å². The van der Waals surface area contributed by atoms with Gasteiger partial charge in [0.2, 0.25) is 0 Å². The summed E-state index contributed by atoms with van der Waals surface area (Å²) in [6, 6.07) is 9.92. The van der Waals surface area contributed by atoms with E-state index in [0.29, 0.717) is 13.2 Å². The van der Waals surface area contributed by atoms with E-state index in [9.17, 15) is 0 Å². The molecular weight excluding hydrogens is 252 g/mol. The molecule has 1 aromatic carbocycles. The molecule has 0 aliphatic heterocycles. The Bertz CT molecular complexity index is 537. The number of hydrogen-bond donors (Lipinski definition) is 1. The standard InChI is InChI=1S/C16H22N2O2/c1-13-15(6-8-19-13)12-18(2)7-9-20-16-5-3-4-14(10-16)11-17/h3-6,8,10H,7,9,11-12,17H2,1-2H3. The minimum absolute atomic E-state index is 0.539. The van der Waals surface area contributed by atoms with Crippen LogP contribution in [-0.4, -0.2) is 25.1 Å². The van der Waals surface area contributed by atoms with Gasteiger partial charge in [0.25, 0.3) is 0 Å². The highest BCUT2D eigenvalue weighted by atomic mass is 16.5. The second-order valence-electron chi connectivity index (χ2n) is 4.94. The molecule has 2 rings (SSSR count). The van der Waals surface area contributed by atoms with E-state index in [1.54, 1.807) is 6.26 Å². The van der Waals surface area contributed by atoms with Crippen LogP contribution in [0.1, 0.15) is 16.9 Å². The highest BCUT2D eigenvalue weighted by molar-refractivity contribution is 5.28. The zero-order chi connectivity index (χ0) is 14.4. The van der Waals surface area contributed by atoms with Crippen molar-refractivity contribution < 1.29 is 9.15 Å². The van der Waals surface area contributed by atoms with E-state index in [1.165, 1.54) is 5.56 Å². The van der Waals surface area contributed by atoms with Crippen LogP contribution in [0, 0.1) is 6.92 Å². The predicted molar refractivity (Wildman–Crippen MR) is 79.6 cm³/mol. The summed E-state index contributed by atoms with van der Waals surface area (Å²) >= 11 is 0. The van der Waals surface area contributed by atoms with E-state index < -0.39 is 0 Å². The zero-order valence-corrected chi connectivity index (χ0v) is 12.1. The molecule has 4 heteroatoms. The largest absolute Gasteiger partial charge is 0.492 e. The van der Waals surface area contributed by atoms with Gasteiger partial charge < -0.3 is 14.9 Å². The molecule has 0 amide bonds. The van der Waals surface area contributed by atoms with Gasteiger partial charge in [-0.1, -0.05) is 12.1 Å². The van der Waals surface area contributed by atoms with Gasteiger partial charge in [0.1, 0.15) is 18.1 Å². The first-order chi connectivity index (χ1) is 9.69. The summed E-state index contributed by atoms with van der Waals surface area (Å²) in [6.45, 7) is 4.91. The minimum atomic E-state index is 0.539. The fraction of sp³-hybridized carbons (Fsp3) is 0.375. The molecule has 1 heterocycles. The summed E-state index contributed by atoms with van der Waals surface area (Å²) in [5.41, 5.74) is 7.92. The molecule has 0 aliphatic carbocycles. The lowest BCUT2D eigenvalue weighted by Gasteiger charge is -2.16. The Labute approximate surface area is 120 Å². The Morgan fingerprint density at radius 1 is 1.30 bits per heavy atom. The molecule has 0 saturated carbocycles. The summed E-state index contributed by atoms with van der Waals surface area (Å²) in [7, 11) is 2.08. The average Bonchev–Trinajstić information content (AvgIpc) is 2.84. The van der Waals surface area contributed by atoms with Crippen LogP contribution in [0.5, 0.6) is 5.75 Å². The van der Waals surface area contributed by atoms with Crippen LogP contribution in [-0.2, 0) is 13.1 Å². The van der Waals surface area contributed by atoms with Crippen LogP contribution in [0.15, 0.2) is 41.0 Å². The average molecular weight is 274 g/mol. The van der Waals surface area contributed by atoms with Crippen LogP contribution < -0.4 is 10.5 Å². The molecule has 4 nitrogen and oxygen atoms in total.